The van der Waals surface area contributed by atoms with Gasteiger partial charge in [0.25, 0.3) is 20.7 Å². The maximum absolute atomic E-state index is 13.2. The summed E-state index contributed by atoms with van der Waals surface area (Å²) < 4.78 is 37.9. The van der Waals surface area contributed by atoms with Gasteiger partial charge >= 0.3 is 0 Å². The quantitative estimate of drug-likeness (QED) is 0.244. The second kappa shape index (κ2) is 11.6. The molecule has 1 unspecified atom stereocenters. The van der Waals surface area contributed by atoms with Crippen LogP contribution >= 0.6 is 34.4 Å². The van der Waals surface area contributed by atoms with E-state index >= 15 is 0 Å². The normalized spacial score (nSPS) is 18.8. The van der Waals surface area contributed by atoms with Gasteiger partial charge in [0.1, 0.15) is 15.9 Å². The first-order valence-electron chi connectivity index (χ1n) is 12.1. The Bertz CT molecular complexity index is 1550. The zero-order valence-electron chi connectivity index (χ0n) is 20.7. The number of hydrogen-bond acceptors (Lipinski definition) is 7. The van der Waals surface area contributed by atoms with Gasteiger partial charge in [-0.3, -0.25) is 13.9 Å². The van der Waals surface area contributed by atoms with Crippen molar-refractivity contribution in [3.8, 4) is 0 Å². The van der Waals surface area contributed by atoms with E-state index in [0.29, 0.717) is 30.0 Å². The molecule has 2 aromatic heterocycles. The van der Waals surface area contributed by atoms with E-state index in [1.54, 1.807) is 23.1 Å². The lowest BCUT2D eigenvalue weighted by molar-refractivity contribution is -0.665. The predicted octanol–water partition coefficient (Wildman–Crippen LogP) is 3.01. The van der Waals surface area contributed by atoms with E-state index in [0.717, 1.165) is 33.5 Å². The van der Waals surface area contributed by atoms with Crippen LogP contribution in [0.5, 0.6) is 0 Å². The van der Waals surface area contributed by atoms with Gasteiger partial charge in [0.15, 0.2) is 0 Å². The molecule has 0 amide bonds. The average molecular weight is 567 g/mol. The number of thioether (sulfide) groups is 1. The number of para-hydroxylation sites is 1. The molecule has 0 bridgehead atoms. The third kappa shape index (κ3) is 6.13. The maximum Gasteiger partial charge on any atom is 0.269 e. The third-order valence-electron chi connectivity index (χ3n) is 6.17. The van der Waals surface area contributed by atoms with Gasteiger partial charge in [-0.1, -0.05) is 23.5 Å². The molecule has 0 spiro atoms. The van der Waals surface area contributed by atoms with Crippen molar-refractivity contribution < 1.29 is 17.5 Å². The summed E-state index contributed by atoms with van der Waals surface area (Å²) in [4.78, 5) is 15.4. The Hall–Kier alpha value is -1.92. The van der Waals surface area contributed by atoms with Crippen LogP contribution in [0.3, 0.4) is 0 Å². The minimum atomic E-state index is -3.92. The van der Waals surface area contributed by atoms with Gasteiger partial charge in [-0.05, 0) is 51.8 Å². The molecule has 194 valence electrons. The number of aryl methyl sites for hydroxylation is 1. The number of thiazole rings is 2. The van der Waals surface area contributed by atoms with Crippen molar-refractivity contribution in [2.24, 2.45) is 0 Å². The Labute approximate surface area is 223 Å². The van der Waals surface area contributed by atoms with Gasteiger partial charge in [0.2, 0.25) is 5.52 Å². The van der Waals surface area contributed by atoms with Crippen LogP contribution in [0.1, 0.15) is 38.6 Å². The van der Waals surface area contributed by atoms with Crippen LogP contribution < -0.4 is 19.3 Å². The Morgan fingerprint density at radius 3 is 2.67 bits per heavy atom. The lowest BCUT2D eigenvalue weighted by Crippen LogP contribution is -2.35. The number of allylic oxidation sites excluding steroid dienone is 1. The Morgan fingerprint density at radius 2 is 1.94 bits per heavy atom. The molecule has 11 heteroatoms. The van der Waals surface area contributed by atoms with E-state index in [-0.39, 0.29) is 11.3 Å². The first kappa shape index (κ1) is 27.1. The monoisotopic (exact) mass is 566 g/mol. The molecule has 0 saturated carbocycles. The second-order valence-corrected chi connectivity index (χ2v) is 13.4. The fourth-order valence-corrected chi connectivity index (χ4v) is 8.38. The number of rotatable bonds is 9. The molecule has 3 aromatic rings. The Balaban J connectivity index is 1.65. The van der Waals surface area contributed by atoms with Gasteiger partial charge in [-0.25, -0.2) is 0 Å². The number of benzene rings is 1. The van der Waals surface area contributed by atoms with Crippen LogP contribution in [0.4, 0.5) is 0 Å². The van der Waals surface area contributed by atoms with Crippen molar-refractivity contribution in [3.05, 3.63) is 59.9 Å². The van der Waals surface area contributed by atoms with Gasteiger partial charge < -0.3 is 4.90 Å². The topological polar surface area (TPSA) is 83.5 Å². The molecule has 1 atom stereocenters. The SMILES string of the molecule is CCn1c(=Cc2sc3ccccc3[n+]2CC)sc(=CC=C2SCC(C)N2CCCCS(=O)(=O)O)c1=O. The molecule has 4 rings (SSSR count). The van der Waals surface area contributed by atoms with Crippen molar-refractivity contribution in [2.75, 3.05) is 18.1 Å². The number of hydrogen-bond donors (Lipinski definition) is 1. The maximum atomic E-state index is 13.2. The van der Waals surface area contributed by atoms with E-state index in [9.17, 15) is 13.2 Å². The summed E-state index contributed by atoms with van der Waals surface area (Å²) in [5.41, 5.74) is 1.23. The van der Waals surface area contributed by atoms with E-state index in [2.05, 4.69) is 53.7 Å². The van der Waals surface area contributed by atoms with Crippen LogP contribution in [0.15, 0.2) is 40.2 Å². The van der Waals surface area contributed by atoms with Gasteiger partial charge in [0, 0.05) is 31.0 Å². The summed E-state index contributed by atoms with van der Waals surface area (Å²) in [5, 5.41) is 2.22. The average Bonchev–Trinajstić information content (AvgIpc) is 3.47. The van der Waals surface area contributed by atoms with Gasteiger partial charge in [-0.2, -0.15) is 13.0 Å². The molecule has 7 nitrogen and oxygen atoms in total. The first-order valence-corrected chi connectivity index (χ1v) is 16.3. The molecule has 3 heterocycles. The summed E-state index contributed by atoms with van der Waals surface area (Å²) in [5.74, 6) is 0.736. The highest BCUT2D eigenvalue weighted by Gasteiger charge is 2.24. The van der Waals surface area contributed by atoms with Crippen molar-refractivity contribution in [2.45, 2.75) is 52.7 Å². The summed E-state index contributed by atoms with van der Waals surface area (Å²) in [6.45, 7) is 8.46. The number of fused-ring (bicyclic) bond motifs is 1. The summed E-state index contributed by atoms with van der Waals surface area (Å²) in [6, 6.07) is 8.70. The minimum Gasteiger partial charge on any atom is -0.363 e. The smallest absolute Gasteiger partial charge is 0.269 e. The van der Waals surface area contributed by atoms with Gasteiger partial charge in [0.05, 0.1) is 21.4 Å². The highest BCUT2D eigenvalue weighted by Crippen LogP contribution is 2.32. The molecule has 0 radical (unpaired) electrons. The van der Waals surface area contributed by atoms with Gasteiger partial charge in [-0.15, -0.1) is 23.1 Å². The van der Waals surface area contributed by atoms with E-state index in [1.165, 1.54) is 21.6 Å². The molecule has 1 aliphatic heterocycles. The zero-order chi connectivity index (χ0) is 25.9. The Morgan fingerprint density at radius 1 is 1.17 bits per heavy atom. The van der Waals surface area contributed by atoms with E-state index in [4.69, 9.17) is 4.55 Å². The molecular formula is C25H32N3O4S4+. The molecule has 1 aliphatic rings. The fraction of sp³-hybridized carbons (Fsp3) is 0.440. The van der Waals surface area contributed by atoms with Crippen LogP contribution in [-0.2, 0) is 23.2 Å². The van der Waals surface area contributed by atoms with E-state index in [1.807, 2.05) is 23.6 Å². The molecular weight excluding hydrogens is 535 g/mol. The lowest BCUT2D eigenvalue weighted by Gasteiger charge is -2.23. The number of aromatic nitrogens is 2. The van der Waals surface area contributed by atoms with Crippen molar-refractivity contribution in [1.29, 1.82) is 0 Å². The van der Waals surface area contributed by atoms with Crippen molar-refractivity contribution in [1.82, 2.24) is 9.47 Å². The highest BCUT2D eigenvalue weighted by molar-refractivity contribution is 8.03. The summed E-state index contributed by atoms with van der Waals surface area (Å²) >= 11 is 4.99. The molecule has 0 aliphatic carbocycles. The standard InChI is InChI=1S/C25H31N3O4S4/c1-4-26-19-10-6-7-11-20(19)34-23(26)16-24-27(5-2)25(29)21(35-24)12-13-22-28(18(3)17-33-22)14-8-9-15-36(30,31)32/h6-7,10-13,16,18H,4-5,8-9,14-15,17H2,1-3H3/p+1. The second-order valence-electron chi connectivity index (χ2n) is 8.67. The lowest BCUT2D eigenvalue weighted by atomic mass is 10.2. The fourth-order valence-electron chi connectivity index (χ4n) is 4.33. The molecule has 36 heavy (non-hydrogen) atoms. The minimum absolute atomic E-state index is 0.0190. The van der Waals surface area contributed by atoms with Crippen molar-refractivity contribution >= 4 is 66.9 Å². The predicted molar refractivity (Wildman–Crippen MR) is 152 cm³/mol. The van der Waals surface area contributed by atoms with Crippen LogP contribution in [0.25, 0.3) is 22.4 Å². The third-order valence-corrected chi connectivity index (χ3v) is 10.5. The van der Waals surface area contributed by atoms with Crippen LogP contribution in [0.2, 0.25) is 0 Å². The first-order chi connectivity index (χ1) is 17.2. The summed E-state index contributed by atoms with van der Waals surface area (Å²) in [6.07, 6.45) is 7.16. The zero-order valence-corrected chi connectivity index (χ0v) is 24.0. The Kier molecular flexibility index (Phi) is 8.77. The molecule has 1 aromatic carbocycles. The van der Waals surface area contributed by atoms with Crippen LogP contribution in [-0.4, -0.2) is 46.5 Å². The highest BCUT2D eigenvalue weighted by atomic mass is 32.2. The number of unbranched alkanes of at least 4 members (excludes halogenated alkanes) is 1. The van der Waals surface area contributed by atoms with Crippen LogP contribution in [0, 0.1) is 0 Å². The summed E-state index contributed by atoms with van der Waals surface area (Å²) in [7, 11) is -3.92. The molecule has 1 N–H and O–H groups in total. The molecule has 1 saturated heterocycles. The molecule has 1 fully saturated rings. The number of nitrogens with zero attached hydrogens (tertiary/aromatic N) is 3. The van der Waals surface area contributed by atoms with E-state index < -0.39 is 10.1 Å². The largest absolute Gasteiger partial charge is 0.363 e. The van der Waals surface area contributed by atoms with Crippen molar-refractivity contribution in [3.63, 3.8) is 0 Å².